The molecule has 130 valence electrons. The summed E-state index contributed by atoms with van der Waals surface area (Å²) in [5.41, 5.74) is 4.58. The summed E-state index contributed by atoms with van der Waals surface area (Å²) < 4.78 is 0. The van der Waals surface area contributed by atoms with Gasteiger partial charge in [-0.05, 0) is 72.6 Å². The highest BCUT2D eigenvalue weighted by Gasteiger charge is 2.51. The Balaban J connectivity index is 2.19. The van der Waals surface area contributed by atoms with E-state index in [1.165, 1.54) is 23.0 Å². The first-order valence-corrected chi connectivity index (χ1v) is 9.37. The van der Waals surface area contributed by atoms with Gasteiger partial charge in [-0.25, -0.2) is 0 Å². The number of hydrogen-bond acceptors (Lipinski definition) is 2. The maximum atomic E-state index is 12.2. The molecule has 2 aliphatic carbocycles. The molecule has 1 unspecified atom stereocenters. The molecule has 1 aromatic carbocycles. The van der Waals surface area contributed by atoms with Gasteiger partial charge >= 0.3 is 0 Å². The molecule has 0 heterocycles. The van der Waals surface area contributed by atoms with Crippen LogP contribution in [0, 0.1) is 11.3 Å². The molecule has 0 aliphatic heterocycles. The predicted molar refractivity (Wildman–Crippen MR) is 97.7 cm³/mol. The van der Waals surface area contributed by atoms with Gasteiger partial charge in [-0.1, -0.05) is 40.2 Å². The van der Waals surface area contributed by atoms with Crippen molar-refractivity contribution in [3.8, 4) is 0 Å². The van der Waals surface area contributed by atoms with E-state index in [1.54, 1.807) is 6.92 Å². The van der Waals surface area contributed by atoms with E-state index in [4.69, 9.17) is 0 Å². The summed E-state index contributed by atoms with van der Waals surface area (Å²) in [5, 5.41) is 0. The van der Waals surface area contributed by atoms with Crippen molar-refractivity contribution in [2.75, 3.05) is 0 Å². The van der Waals surface area contributed by atoms with Crippen molar-refractivity contribution in [2.45, 2.75) is 78.1 Å². The average molecular weight is 326 g/mol. The van der Waals surface area contributed by atoms with Crippen molar-refractivity contribution < 1.29 is 9.59 Å². The Morgan fingerprint density at radius 1 is 1.25 bits per heavy atom. The van der Waals surface area contributed by atoms with E-state index < -0.39 is 0 Å². The van der Waals surface area contributed by atoms with Crippen molar-refractivity contribution in [2.24, 2.45) is 11.3 Å². The highest BCUT2D eigenvalue weighted by molar-refractivity contribution is 5.96. The molecular formula is C22H30O2. The first-order valence-electron chi connectivity index (χ1n) is 9.37. The molecule has 2 nitrogen and oxygen atoms in total. The van der Waals surface area contributed by atoms with Crippen molar-refractivity contribution in [1.82, 2.24) is 0 Å². The number of rotatable bonds is 3. The fraction of sp³-hybridized carbons (Fsp3) is 0.636. The number of Topliss-reactive ketones (excluding diaryl/α,β-unsaturated/α-hetero) is 1. The van der Waals surface area contributed by atoms with Gasteiger partial charge in [0.25, 0.3) is 0 Å². The van der Waals surface area contributed by atoms with E-state index in [2.05, 4.69) is 39.8 Å². The molecule has 1 fully saturated rings. The van der Waals surface area contributed by atoms with Gasteiger partial charge in [-0.2, -0.15) is 0 Å². The highest BCUT2D eigenvalue weighted by Crippen LogP contribution is 2.56. The zero-order valence-corrected chi connectivity index (χ0v) is 15.7. The van der Waals surface area contributed by atoms with Crippen molar-refractivity contribution in [3.05, 3.63) is 34.4 Å². The van der Waals surface area contributed by atoms with Crippen LogP contribution in [0.3, 0.4) is 0 Å². The average Bonchev–Trinajstić information content (AvgIpc) is 2.53. The van der Waals surface area contributed by atoms with Gasteiger partial charge in [0.15, 0.2) is 5.78 Å². The van der Waals surface area contributed by atoms with Gasteiger partial charge in [0.2, 0.25) is 0 Å². The maximum Gasteiger partial charge on any atom is 0.160 e. The first-order chi connectivity index (χ1) is 11.2. The Labute approximate surface area is 146 Å². The molecule has 1 saturated carbocycles. The summed E-state index contributed by atoms with van der Waals surface area (Å²) >= 11 is 0. The van der Waals surface area contributed by atoms with Gasteiger partial charge in [0.05, 0.1) is 0 Å². The number of aldehydes is 1. The van der Waals surface area contributed by atoms with Crippen LogP contribution in [0.5, 0.6) is 0 Å². The number of carbonyl (C=O) groups is 2. The summed E-state index contributed by atoms with van der Waals surface area (Å²) in [4.78, 5) is 24.1. The minimum Gasteiger partial charge on any atom is -0.303 e. The predicted octanol–water partition coefficient (Wildman–Crippen LogP) is 5.22. The zero-order valence-electron chi connectivity index (χ0n) is 15.7. The molecule has 3 rings (SSSR count). The third-order valence-corrected chi connectivity index (χ3v) is 6.84. The Morgan fingerprint density at radius 2 is 1.96 bits per heavy atom. The molecule has 0 bridgehead atoms. The molecule has 24 heavy (non-hydrogen) atoms. The molecule has 3 atom stereocenters. The molecule has 0 aromatic heterocycles. The number of hydrogen-bond donors (Lipinski definition) is 0. The number of aryl methyl sites for hydroxylation is 1. The lowest BCUT2D eigenvalue weighted by Gasteiger charge is -2.53. The molecule has 0 radical (unpaired) electrons. The molecule has 0 saturated heterocycles. The van der Waals surface area contributed by atoms with Crippen molar-refractivity contribution in [1.29, 1.82) is 0 Å². The Hall–Kier alpha value is -1.44. The molecule has 2 heteroatoms. The van der Waals surface area contributed by atoms with E-state index >= 15 is 0 Å². The van der Waals surface area contributed by atoms with Crippen LogP contribution in [-0.2, 0) is 16.6 Å². The minimum absolute atomic E-state index is 0.0151. The Morgan fingerprint density at radius 3 is 2.54 bits per heavy atom. The van der Waals surface area contributed by atoms with Crippen LogP contribution >= 0.6 is 0 Å². The number of carbonyl (C=O) groups excluding carboxylic acids is 2. The topological polar surface area (TPSA) is 34.1 Å². The monoisotopic (exact) mass is 326 g/mol. The first kappa shape index (κ1) is 17.4. The van der Waals surface area contributed by atoms with Crippen LogP contribution in [0.1, 0.15) is 93.3 Å². The van der Waals surface area contributed by atoms with Gasteiger partial charge in [0, 0.05) is 11.0 Å². The van der Waals surface area contributed by atoms with Crippen LogP contribution in [0.2, 0.25) is 0 Å². The van der Waals surface area contributed by atoms with Gasteiger partial charge in [-0.3, -0.25) is 4.79 Å². The summed E-state index contributed by atoms with van der Waals surface area (Å²) in [6.45, 7) is 10.5. The molecule has 0 spiro atoms. The van der Waals surface area contributed by atoms with E-state index in [-0.39, 0.29) is 16.6 Å². The van der Waals surface area contributed by atoms with E-state index in [1.807, 2.05) is 0 Å². The normalized spacial score (nSPS) is 32.2. The highest BCUT2D eigenvalue weighted by atomic mass is 16.1. The van der Waals surface area contributed by atoms with Crippen LogP contribution in [-0.4, -0.2) is 12.1 Å². The largest absolute Gasteiger partial charge is 0.303 e. The fourth-order valence-electron chi connectivity index (χ4n) is 5.51. The Kier molecular flexibility index (Phi) is 4.22. The van der Waals surface area contributed by atoms with Gasteiger partial charge < -0.3 is 4.79 Å². The van der Waals surface area contributed by atoms with E-state index in [0.29, 0.717) is 11.8 Å². The second kappa shape index (κ2) is 5.82. The third-order valence-electron chi connectivity index (χ3n) is 6.84. The Bertz CT molecular complexity index is 687. The quantitative estimate of drug-likeness (QED) is 0.563. The molecule has 0 N–H and O–H groups in total. The van der Waals surface area contributed by atoms with Gasteiger partial charge in [0.1, 0.15) is 6.29 Å². The molecule has 2 aliphatic rings. The van der Waals surface area contributed by atoms with Crippen LogP contribution in [0.25, 0.3) is 0 Å². The fourth-order valence-corrected chi connectivity index (χ4v) is 5.51. The SMILES string of the molecule is CC(=O)c1cc2c(cc1C(C)C)CCC1[C@](C)(C=O)CCC[C@]21C. The van der Waals surface area contributed by atoms with E-state index in [9.17, 15) is 9.59 Å². The van der Waals surface area contributed by atoms with Crippen LogP contribution < -0.4 is 0 Å². The smallest absolute Gasteiger partial charge is 0.160 e. The molecule has 1 aromatic rings. The molecule has 0 amide bonds. The van der Waals surface area contributed by atoms with E-state index in [0.717, 1.165) is 37.7 Å². The number of ketones is 1. The minimum atomic E-state index is -0.224. The summed E-state index contributed by atoms with van der Waals surface area (Å²) in [7, 11) is 0. The van der Waals surface area contributed by atoms with Crippen molar-refractivity contribution >= 4 is 12.1 Å². The van der Waals surface area contributed by atoms with Gasteiger partial charge in [-0.15, -0.1) is 0 Å². The molecular weight excluding hydrogens is 296 g/mol. The summed E-state index contributed by atoms with van der Waals surface area (Å²) in [6.07, 6.45) is 6.51. The van der Waals surface area contributed by atoms with Crippen LogP contribution in [0.4, 0.5) is 0 Å². The lowest BCUT2D eigenvalue weighted by Crippen LogP contribution is -2.49. The number of fused-ring (bicyclic) bond motifs is 3. The zero-order chi connectivity index (χ0) is 17.7. The summed E-state index contributed by atoms with van der Waals surface area (Å²) in [6, 6.07) is 4.46. The number of benzene rings is 1. The maximum absolute atomic E-state index is 12.2. The lowest BCUT2D eigenvalue weighted by atomic mass is 9.50. The second-order valence-electron chi connectivity index (χ2n) is 8.79. The standard InChI is InChI=1S/C22H30O2/c1-14(2)17-11-16-7-8-20-21(4,13-23)9-6-10-22(20,5)19(16)12-18(17)15(3)24/h11-14,20H,6-10H2,1-5H3/t20?,21-,22+/m0/s1. The van der Waals surface area contributed by atoms with Crippen molar-refractivity contribution in [3.63, 3.8) is 0 Å². The van der Waals surface area contributed by atoms with Crippen LogP contribution in [0.15, 0.2) is 12.1 Å². The summed E-state index contributed by atoms with van der Waals surface area (Å²) in [5.74, 6) is 0.890. The second-order valence-corrected chi connectivity index (χ2v) is 8.79. The lowest BCUT2D eigenvalue weighted by molar-refractivity contribution is -0.123. The third kappa shape index (κ3) is 2.46.